The number of hydrogen-bond acceptors (Lipinski definition) is 3. The monoisotopic (exact) mass is 525 g/mol. The van der Waals surface area contributed by atoms with Crippen LogP contribution in [0.5, 0.6) is 0 Å². The van der Waals surface area contributed by atoms with Crippen molar-refractivity contribution >= 4 is 35.8 Å². The van der Waals surface area contributed by atoms with Crippen molar-refractivity contribution in [3.05, 3.63) is 48.6 Å². The summed E-state index contributed by atoms with van der Waals surface area (Å²) in [4.78, 5) is 23.2. The fourth-order valence-electron chi connectivity index (χ4n) is 4.43. The number of rotatable bonds is 6. The zero-order valence-corrected chi connectivity index (χ0v) is 20.6. The van der Waals surface area contributed by atoms with Crippen LogP contribution in [0.3, 0.4) is 0 Å². The van der Waals surface area contributed by atoms with Crippen molar-refractivity contribution in [2.24, 2.45) is 10.9 Å². The van der Waals surface area contributed by atoms with E-state index >= 15 is 0 Å². The maximum Gasteiger partial charge on any atom is 0.243 e. The molecule has 2 saturated heterocycles. The fourth-order valence-corrected chi connectivity index (χ4v) is 4.43. The van der Waals surface area contributed by atoms with Crippen LogP contribution in [0, 0.1) is 5.92 Å². The van der Waals surface area contributed by atoms with E-state index in [9.17, 15) is 4.79 Å². The summed E-state index contributed by atoms with van der Waals surface area (Å²) in [5, 5.41) is 3.35. The molecule has 2 atom stereocenters. The number of piperidine rings is 2. The Labute approximate surface area is 198 Å². The van der Waals surface area contributed by atoms with E-state index in [1.807, 2.05) is 6.08 Å². The summed E-state index contributed by atoms with van der Waals surface area (Å²) in [7, 11) is 3.53. The van der Waals surface area contributed by atoms with Crippen molar-refractivity contribution in [3.63, 3.8) is 0 Å². The number of nitrogens with one attached hydrogen (secondary N) is 1. The molecule has 1 aromatic rings. The van der Waals surface area contributed by atoms with Crippen molar-refractivity contribution in [1.29, 1.82) is 0 Å². The topological polar surface area (TPSA) is 51.2 Å². The number of aliphatic imine (C=N–C) groups is 1. The Bertz CT molecular complexity index is 709. The SMILES string of the molecule is C=CCNC(=NCC(=O)N(C)C)N1CCC2C(CCCN2Cc2ccccc2)C1.I. The molecule has 2 unspecified atom stereocenters. The number of likely N-dealkylation sites (tertiary alicyclic amines) is 2. The Kier molecular flexibility index (Phi) is 10.1. The lowest BCUT2D eigenvalue weighted by atomic mass is 9.83. The third-order valence-corrected chi connectivity index (χ3v) is 5.98. The number of hydrogen-bond donors (Lipinski definition) is 1. The van der Waals surface area contributed by atoms with Crippen molar-refractivity contribution in [2.75, 3.05) is 46.8 Å². The van der Waals surface area contributed by atoms with E-state index in [-0.39, 0.29) is 36.4 Å². The molecular weight excluding hydrogens is 489 g/mol. The summed E-state index contributed by atoms with van der Waals surface area (Å²) >= 11 is 0. The molecule has 2 heterocycles. The minimum absolute atomic E-state index is 0. The van der Waals surface area contributed by atoms with Crippen LogP contribution in [0.25, 0.3) is 0 Å². The fraction of sp³-hybridized carbons (Fsp3) is 0.565. The van der Waals surface area contributed by atoms with Gasteiger partial charge in [0.05, 0.1) is 0 Å². The first-order valence-corrected chi connectivity index (χ1v) is 10.7. The number of amides is 1. The smallest absolute Gasteiger partial charge is 0.243 e. The van der Waals surface area contributed by atoms with Crippen molar-refractivity contribution in [3.8, 4) is 0 Å². The summed E-state index contributed by atoms with van der Waals surface area (Å²) in [5.74, 6) is 1.49. The number of nitrogens with zero attached hydrogens (tertiary/aromatic N) is 4. The second-order valence-electron chi connectivity index (χ2n) is 8.26. The first-order chi connectivity index (χ1) is 14.1. The minimum atomic E-state index is 0. The van der Waals surface area contributed by atoms with E-state index in [2.05, 4.69) is 57.0 Å². The third kappa shape index (κ3) is 6.70. The second kappa shape index (κ2) is 12.3. The van der Waals surface area contributed by atoms with Gasteiger partial charge in [0.15, 0.2) is 5.96 Å². The number of carbonyl (C=O) groups is 1. The van der Waals surface area contributed by atoms with Gasteiger partial charge < -0.3 is 15.1 Å². The van der Waals surface area contributed by atoms with Crippen LogP contribution in [0.2, 0.25) is 0 Å². The number of guanidine groups is 1. The van der Waals surface area contributed by atoms with Crippen LogP contribution in [-0.2, 0) is 11.3 Å². The van der Waals surface area contributed by atoms with E-state index in [1.165, 1.54) is 24.9 Å². The van der Waals surface area contributed by atoms with E-state index in [0.717, 1.165) is 32.0 Å². The number of benzene rings is 1. The van der Waals surface area contributed by atoms with Crippen LogP contribution in [0.15, 0.2) is 48.0 Å². The van der Waals surface area contributed by atoms with E-state index in [4.69, 9.17) is 0 Å². The van der Waals surface area contributed by atoms with Gasteiger partial charge in [-0.2, -0.15) is 0 Å². The summed E-state index contributed by atoms with van der Waals surface area (Å²) in [6.07, 6.45) is 5.47. The van der Waals surface area contributed by atoms with Crippen molar-refractivity contribution in [1.82, 2.24) is 20.0 Å². The van der Waals surface area contributed by atoms with Gasteiger partial charge in [-0.3, -0.25) is 9.69 Å². The van der Waals surface area contributed by atoms with Gasteiger partial charge in [0.2, 0.25) is 5.91 Å². The van der Waals surface area contributed by atoms with Crippen molar-refractivity contribution < 1.29 is 4.79 Å². The summed E-state index contributed by atoms with van der Waals surface area (Å²) < 4.78 is 0. The quantitative estimate of drug-likeness (QED) is 0.269. The Hall–Kier alpha value is -1.61. The van der Waals surface area contributed by atoms with Gasteiger partial charge in [-0.05, 0) is 37.3 Å². The molecule has 0 aromatic heterocycles. The molecule has 1 N–H and O–H groups in total. The average molecular weight is 525 g/mol. The average Bonchev–Trinajstić information content (AvgIpc) is 2.74. The normalized spacial score (nSPS) is 21.9. The Balaban J connectivity index is 0.00000320. The number of likely N-dealkylation sites (N-methyl/N-ethyl adjacent to an activating group) is 1. The Morgan fingerprint density at radius 2 is 2.03 bits per heavy atom. The van der Waals surface area contributed by atoms with Gasteiger partial charge in [0, 0.05) is 46.3 Å². The molecule has 30 heavy (non-hydrogen) atoms. The zero-order chi connectivity index (χ0) is 20.6. The van der Waals surface area contributed by atoms with Gasteiger partial charge in [0.25, 0.3) is 0 Å². The first kappa shape index (κ1) is 24.7. The molecule has 0 radical (unpaired) electrons. The van der Waals surface area contributed by atoms with Gasteiger partial charge in [-0.25, -0.2) is 4.99 Å². The van der Waals surface area contributed by atoms with E-state index in [0.29, 0.717) is 18.5 Å². The summed E-state index contributed by atoms with van der Waals surface area (Å²) in [5.41, 5.74) is 1.40. The van der Waals surface area contributed by atoms with E-state index in [1.54, 1.807) is 19.0 Å². The molecule has 0 bridgehead atoms. The highest BCUT2D eigenvalue weighted by Gasteiger charge is 2.36. The highest BCUT2D eigenvalue weighted by molar-refractivity contribution is 14.0. The highest BCUT2D eigenvalue weighted by atomic mass is 127. The number of halogens is 1. The predicted octanol–water partition coefficient (Wildman–Crippen LogP) is 2.81. The van der Waals surface area contributed by atoms with Gasteiger partial charge in [-0.15, -0.1) is 30.6 Å². The minimum Gasteiger partial charge on any atom is -0.353 e. The molecule has 0 aliphatic carbocycles. The molecule has 1 amide bonds. The molecule has 7 heteroatoms. The first-order valence-electron chi connectivity index (χ1n) is 10.7. The van der Waals surface area contributed by atoms with E-state index < -0.39 is 0 Å². The maximum atomic E-state index is 12.0. The van der Waals surface area contributed by atoms with Gasteiger partial charge >= 0.3 is 0 Å². The van der Waals surface area contributed by atoms with Crippen molar-refractivity contribution in [2.45, 2.75) is 31.8 Å². The molecule has 166 valence electrons. The second-order valence-corrected chi connectivity index (χ2v) is 8.26. The van der Waals surface area contributed by atoms with Crippen LogP contribution >= 0.6 is 24.0 Å². The molecule has 6 nitrogen and oxygen atoms in total. The molecular formula is C23H36IN5O. The molecule has 1 aromatic carbocycles. The summed E-state index contributed by atoms with van der Waals surface area (Å²) in [6, 6.07) is 11.4. The largest absolute Gasteiger partial charge is 0.353 e. The lowest BCUT2D eigenvalue weighted by Gasteiger charge is -2.48. The Morgan fingerprint density at radius 3 is 2.73 bits per heavy atom. The van der Waals surface area contributed by atoms with Gasteiger partial charge in [-0.1, -0.05) is 36.4 Å². The molecule has 0 saturated carbocycles. The van der Waals surface area contributed by atoms with Crippen LogP contribution < -0.4 is 5.32 Å². The standard InChI is InChI=1S/C23H35N5O.HI/c1-4-13-24-23(25-16-22(29)26(2)3)28-15-12-21-20(18-28)11-8-14-27(21)17-19-9-6-5-7-10-19;/h4-7,9-10,20-21H,1,8,11-18H2,2-3H3,(H,24,25);1H. The lowest BCUT2D eigenvalue weighted by Crippen LogP contribution is -2.56. The molecule has 2 aliphatic heterocycles. The number of fused-ring (bicyclic) bond motifs is 1. The number of carbonyl (C=O) groups excluding carboxylic acids is 1. The van der Waals surface area contributed by atoms with Gasteiger partial charge in [0.1, 0.15) is 6.54 Å². The zero-order valence-electron chi connectivity index (χ0n) is 18.3. The predicted molar refractivity (Wildman–Crippen MR) is 134 cm³/mol. The third-order valence-electron chi connectivity index (χ3n) is 5.98. The molecule has 3 rings (SSSR count). The Morgan fingerprint density at radius 1 is 1.27 bits per heavy atom. The summed E-state index contributed by atoms with van der Waals surface area (Å²) in [6.45, 7) is 8.81. The molecule has 0 spiro atoms. The van der Waals surface area contributed by atoms with Crippen LogP contribution in [0.1, 0.15) is 24.8 Å². The van der Waals surface area contributed by atoms with Crippen LogP contribution in [-0.4, -0.2) is 79.4 Å². The molecule has 2 aliphatic rings. The highest BCUT2D eigenvalue weighted by Crippen LogP contribution is 2.31. The maximum absolute atomic E-state index is 12.0. The van der Waals surface area contributed by atoms with Crippen LogP contribution in [0.4, 0.5) is 0 Å². The lowest BCUT2D eigenvalue weighted by molar-refractivity contribution is -0.127. The molecule has 2 fully saturated rings.